The smallest absolute Gasteiger partial charge is 0.151 e. The lowest BCUT2D eigenvalue weighted by molar-refractivity contribution is 0.601. The first-order valence-corrected chi connectivity index (χ1v) is 6.25. The molecule has 0 bridgehead atoms. The first-order chi connectivity index (χ1) is 8.54. The summed E-state index contributed by atoms with van der Waals surface area (Å²) in [5.74, 6) is 0.509. The van der Waals surface area contributed by atoms with Gasteiger partial charge in [-0.1, -0.05) is 0 Å². The van der Waals surface area contributed by atoms with Gasteiger partial charge in [-0.3, -0.25) is 0 Å². The van der Waals surface area contributed by atoms with Gasteiger partial charge in [0.15, 0.2) is 5.82 Å². The number of nitrogens with zero attached hydrogens (tertiary/aromatic N) is 3. The van der Waals surface area contributed by atoms with Gasteiger partial charge in [0.05, 0.1) is 16.8 Å². The zero-order chi connectivity index (χ0) is 13.2. The van der Waals surface area contributed by atoms with E-state index in [9.17, 15) is 0 Å². The Labute approximate surface area is 109 Å². The average molecular weight is 259 g/mol. The summed E-state index contributed by atoms with van der Waals surface area (Å²) in [6, 6.07) is 3.63. The fourth-order valence-electron chi connectivity index (χ4n) is 1.55. The largest absolute Gasteiger partial charge is 0.395 e. The predicted octanol–water partition coefficient (Wildman–Crippen LogP) is 2.34. The molecule has 0 amide bonds. The number of nitrogen functional groups attached to an aromatic ring is 1. The molecule has 0 aliphatic heterocycles. The number of anilines is 2. The monoisotopic (exact) mass is 259 g/mol. The van der Waals surface area contributed by atoms with Crippen LogP contribution < -0.4 is 11.1 Å². The summed E-state index contributed by atoms with van der Waals surface area (Å²) < 4.78 is 0. The van der Waals surface area contributed by atoms with Crippen LogP contribution in [-0.2, 0) is 5.54 Å². The maximum Gasteiger partial charge on any atom is 0.151 e. The van der Waals surface area contributed by atoms with E-state index in [1.807, 2.05) is 25.3 Å². The van der Waals surface area contributed by atoms with Gasteiger partial charge in [0.2, 0.25) is 0 Å². The van der Waals surface area contributed by atoms with E-state index in [1.54, 1.807) is 29.8 Å². The van der Waals surface area contributed by atoms with Crippen LogP contribution in [0.2, 0.25) is 0 Å². The Morgan fingerprint density at radius 1 is 1.39 bits per heavy atom. The van der Waals surface area contributed by atoms with Gasteiger partial charge in [-0.15, -0.1) is 11.3 Å². The van der Waals surface area contributed by atoms with Crippen molar-refractivity contribution in [2.24, 2.45) is 0 Å². The third-order valence-electron chi connectivity index (χ3n) is 2.51. The topological polar surface area (TPSA) is 87.6 Å². The normalized spacial score (nSPS) is 10.9. The number of pyridine rings is 1. The van der Waals surface area contributed by atoms with Crippen molar-refractivity contribution in [2.75, 3.05) is 11.1 Å². The van der Waals surface area contributed by atoms with Crippen LogP contribution in [0.3, 0.4) is 0 Å². The third-order valence-corrected chi connectivity index (χ3v) is 3.61. The molecule has 5 nitrogen and oxygen atoms in total. The lowest BCUT2D eigenvalue weighted by Crippen LogP contribution is -2.28. The van der Waals surface area contributed by atoms with Crippen LogP contribution in [0.25, 0.3) is 0 Å². The van der Waals surface area contributed by atoms with Crippen molar-refractivity contribution < 1.29 is 0 Å². The van der Waals surface area contributed by atoms with E-state index in [4.69, 9.17) is 11.0 Å². The maximum absolute atomic E-state index is 8.93. The van der Waals surface area contributed by atoms with Crippen LogP contribution in [0.15, 0.2) is 23.8 Å². The molecular formula is C12H13N5S. The van der Waals surface area contributed by atoms with Gasteiger partial charge >= 0.3 is 0 Å². The Kier molecular flexibility index (Phi) is 3.17. The third kappa shape index (κ3) is 2.26. The Hall–Kier alpha value is -2.13. The van der Waals surface area contributed by atoms with Crippen molar-refractivity contribution in [1.82, 2.24) is 9.97 Å². The van der Waals surface area contributed by atoms with E-state index >= 15 is 0 Å². The quantitative estimate of drug-likeness (QED) is 0.883. The molecule has 2 rings (SSSR count). The molecule has 0 aromatic carbocycles. The maximum atomic E-state index is 8.93. The standard InChI is InChI=1S/C12H13N5S/c1-12(2,11-16-5-6-18-11)17-10-9(14)8(7-13)3-4-15-10/h3-6H,14H2,1-2H3,(H,15,17). The van der Waals surface area contributed by atoms with E-state index in [-0.39, 0.29) is 5.54 Å². The highest BCUT2D eigenvalue weighted by atomic mass is 32.1. The molecule has 0 saturated heterocycles. The lowest BCUT2D eigenvalue weighted by Gasteiger charge is -2.25. The lowest BCUT2D eigenvalue weighted by atomic mass is 10.1. The van der Waals surface area contributed by atoms with Crippen LogP contribution in [0, 0.1) is 11.3 Å². The summed E-state index contributed by atoms with van der Waals surface area (Å²) in [4.78, 5) is 8.45. The highest BCUT2D eigenvalue weighted by Crippen LogP contribution is 2.29. The van der Waals surface area contributed by atoms with Crippen molar-refractivity contribution in [3.8, 4) is 6.07 Å². The molecule has 0 atom stereocenters. The van der Waals surface area contributed by atoms with Crippen LogP contribution >= 0.6 is 11.3 Å². The molecule has 0 fully saturated rings. The summed E-state index contributed by atoms with van der Waals surface area (Å²) in [5, 5.41) is 15.0. The summed E-state index contributed by atoms with van der Waals surface area (Å²) in [6.45, 7) is 3.98. The van der Waals surface area contributed by atoms with E-state index in [0.29, 0.717) is 17.1 Å². The van der Waals surface area contributed by atoms with Gasteiger partial charge in [-0.25, -0.2) is 9.97 Å². The fraction of sp³-hybridized carbons (Fsp3) is 0.250. The average Bonchev–Trinajstić information content (AvgIpc) is 2.86. The SMILES string of the molecule is CC(C)(Nc1nccc(C#N)c1N)c1nccs1. The number of nitrogens with two attached hydrogens (primary N) is 1. The van der Waals surface area contributed by atoms with Crippen molar-refractivity contribution in [3.63, 3.8) is 0 Å². The molecule has 2 heterocycles. The number of nitriles is 1. The fourth-order valence-corrected chi connectivity index (χ4v) is 2.27. The molecule has 0 aliphatic carbocycles. The molecule has 0 spiro atoms. The molecule has 2 aromatic rings. The summed E-state index contributed by atoms with van der Waals surface area (Å²) in [5.41, 5.74) is 6.29. The van der Waals surface area contributed by atoms with Crippen molar-refractivity contribution in [1.29, 1.82) is 5.26 Å². The van der Waals surface area contributed by atoms with E-state index in [2.05, 4.69) is 15.3 Å². The first kappa shape index (κ1) is 12.3. The molecule has 0 unspecified atom stereocenters. The number of hydrogen-bond acceptors (Lipinski definition) is 6. The Morgan fingerprint density at radius 3 is 2.78 bits per heavy atom. The Morgan fingerprint density at radius 2 is 2.17 bits per heavy atom. The second kappa shape index (κ2) is 4.63. The number of hydrogen-bond donors (Lipinski definition) is 2. The molecule has 6 heteroatoms. The Bertz CT molecular complexity index is 583. The molecule has 0 radical (unpaired) electrons. The number of nitrogens with one attached hydrogen (secondary N) is 1. The zero-order valence-corrected chi connectivity index (χ0v) is 11.0. The molecule has 0 aliphatic rings. The van der Waals surface area contributed by atoms with Crippen LogP contribution in [0.1, 0.15) is 24.4 Å². The first-order valence-electron chi connectivity index (χ1n) is 5.37. The second-order valence-electron chi connectivity index (χ2n) is 4.32. The number of rotatable bonds is 3. The van der Waals surface area contributed by atoms with Gasteiger partial charge in [0.1, 0.15) is 11.1 Å². The van der Waals surface area contributed by atoms with E-state index in [1.165, 1.54) is 0 Å². The van der Waals surface area contributed by atoms with Gasteiger partial charge < -0.3 is 11.1 Å². The van der Waals surface area contributed by atoms with Crippen molar-refractivity contribution in [3.05, 3.63) is 34.4 Å². The predicted molar refractivity (Wildman–Crippen MR) is 72.1 cm³/mol. The summed E-state index contributed by atoms with van der Waals surface area (Å²) in [7, 11) is 0. The summed E-state index contributed by atoms with van der Waals surface area (Å²) in [6.07, 6.45) is 3.32. The van der Waals surface area contributed by atoms with Gasteiger partial charge in [-0.2, -0.15) is 5.26 Å². The van der Waals surface area contributed by atoms with Crippen LogP contribution in [0.4, 0.5) is 11.5 Å². The van der Waals surface area contributed by atoms with E-state index in [0.717, 1.165) is 5.01 Å². The second-order valence-corrected chi connectivity index (χ2v) is 5.21. The van der Waals surface area contributed by atoms with Crippen molar-refractivity contribution >= 4 is 22.8 Å². The van der Waals surface area contributed by atoms with Gasteiger partial charge in [-0.05, 0) is 19.9 Å². The van der Waals surface area contributed by atoms with Crippen LogP contribution in [0.5, 0.6) is 0 Å². The molecule has 92 valence electrons. The highest BCUT2D eigenvalue weighted by molar-refractivity contribution is 7.09. The zero-order valence-electron chi connectivity index (χ0n) is 10.1. The van der Waals surface area contributed by atoms with Crippen molar-refractivity contribution in [2.45, 2.75) is 19.4 Å². The molecule has 3 N–H and O–H groups in total. The van der Waals surface area contributed by atoms with Crippen LogP contribution in [-0.4, -0.2) is 9.97 Å². The Balaban J connectivity index is 2.33. The molecule has 0 saturated carbocycles. The van der Waals surface area contributed by atoms with Gasteiger partial charge in [0, 0.05) is 17.8 Å². The number of aromatic nitrogens is 2. The molecule has 18 heavy (non-hydrogen) atoms. The number of thiazole rings is 1. The minimum Gasteiger partial charge on any atom is -0.395 e. The summed E-state index contributed by atoms with van der Waals surface area (Å²) >= 11 is 1.56. The molecule has 2 aromatic heterocycles. The van der Waals surface area contributed by atoms with E-state index < -0.39 is 0 Å². The minimum absolute atomic E-state index is 0.365. The van der Waals surface area contributed by atoms with Gasteiger partial charge in [0.25, 0.3) is 0 Å². The molecular weight excluding hydrogens is 246 g/mol. The minimum atomic E-state index is -0.386. The highest BCUT2D eigenvalue weighted by Gasteiger charge is 2.24.